The largest absolute Gasteiger partial charge is 0.391 e. The number of fused-ring (bicyclic) bond motifs is 4. The van der Waals surface area contributed by atoms with Gasteiger partial charge < -0.3 is 36.9 Å². The zero-order valence-corrected chi connectivity index (χ0v) is 32.7. The van der Waals surface area contributed by atoms with Crippen molar-refractivity contribution < 1.29 is 48.8 Å². The average molecular weight is 812 g/mol. The number of hydrogen-bond acceptors (Lipinski definition) is 16. The molecule has 0 spiro atoms. The van der Waals surface area contributed by atoms with Gasteiger partial charge in [0.15, 0.2) is 5.78 Å². The number of anilines is 1. The molecule has 6 rings (SSSR count). The molecule has 1 unspecified atom stereocenters. The number of nitrogens with zero attached hydrogens (tertiary/aromatic N) is 2. The van der Waals surface area contributed by atoms with E-state index in [2.05, 4.69) is 22.5 Å². The van der Waals surface area contributed by atoms with Crippen LogP contribution in [0, 0.1) is 11.8 Å². The minimum atomic E-state index is -2.18. The lowest BCUT2D eigenvalue weighted by Crippen LogP contribution is -2.90. The van der Waals surface area contributed by atoms with Crippen molar-refractivity contribution in [3.63, 3.8) is 0 Å². The van der Waals surface area contributed by atoms with Crippen LogP contribution < -0.4 is 27.6 Å². The van der Waals surface area contributed by atoms with Gasteiger partial charge in [0.1, 0.15) is 22.7 Å². The zero-order chi connectivity index (χ0) is 40.8. The lowest BCUT2D eigenvalue weighted by Gasteiger charge is -2.59. The first-order valence-electron chi connectivity index (χ1n) is 17.7. The zero-order valence-electron chi connectivity index (χ0n) is 31.0. The number of hydrogen-bond donors (Lipinski definition) is 7. The number of hydroxylamine groups is 3. The number of aliphatic hydroxyl groups excluding tert-OH is 1. The molecule has 2 aromatic carbocycles. The summed E-state index contributed by atoms with van der Waals surface area (Å²) in [5, 5.41) is 24.6. The number of Topliss-reactive ketones (excluding diaryl/α,β-unsaturated/α-hetero) is 1. The number of carbonyl (C=O) groups excluding carboxylic acids is 6. The fourth-order valence-corrected chi connectivity index (χ4v) is 8.45. The fraction of sp³-hybridized carbons (Fsp3) is 0.459. The Balaban J connectivity index is 1.34. The second-order valence-electron chi connectivity index (χ2n) is 13.8. The molecule has 56 heavy (non-hydrogen) atoms. The summed E-state index contributed by atoms with van der Waals surface area (Å²) >= 11 is 2.78. The van der Waals surface area contributed by atoms with Crippen molar-refractivity contribution in [3.05, 3.63) is 65.2 Å². The normalized spacial score (nSPS) is 27.5. The highest BCUT2D eigenvalue weighted by atomic mass is 32.2. The summed E-state index contributed by atoms with van der Waals surface area (Å²) in [7, 11) is 0. The van der Waals surface area contributed by atoms with E-state index in [1.807, 2.05) is 12.5 Å². The summed E-state index contributed by atoms with van der Waals surface area (Å²) in [6.45, 7) is 1.69. The van der Waals surface area contributed by atoms with Crippen LogP contribution in [-0.2, 0) is 33.6 Å². The predicted molar refractivity (Wildman–Crippen MR) is 207 cm³/mol. The number of rotatable bonds is 14. The van der Waals surface area contributed by atoms with Crippen molar-refractivity contribution in [2.45, 2.75) is 67.4 Å². The van der Waals surface area contributed by atoms with Gasteiger partial charge in [0.05, 0.1) is 18.6 Å². The standard InChI is InChI=1S/C37H45N7O10S2/c1-22(45)30(32(49)42-52)41-31(48)25-10-6-23(7-11-25)4-5-24-8-12-26(13-9-24)40-29(47)20-28(46)37-35(38,15-18-55-2)33(50)53-44(27-14-17-43(37)21-27)54-34(51)36(37,39)16-19-56-3/h6-13,22,27,30,45,52H,14-21,38-39H2,1-3H3,(H,40,47)(H,41,48)(H,42,49)/t22-,27-,30+,35+,36+/m1/s1. The van der Waals surface area contributed by atoms with Crippen LogP contribution in [0.25, 0.3) is 0 Å². The smallest absolute Gasteiger partial charge is 0.351 e. The molecule has 4 aliphatic rings. The third kappa shape index (κ3) is 8.15. The first-order valence-corrected chi connectivity index (χ1v) is 20.5. The predicted octanol–water partition coefficient (Wildman–Crippen LogP) is -0.0714. The Kier molecular flexibility index (Phi) is 13.5. The van der Waals surface area contributed by atoms with Crippen molar-refractivity contribution in [2.24, 2.45) is 11.5 Å². The summed E-state index contributed by atoms with van der Waals surface area (Å²) in [4.78, 5) is 93.7. The van der Waals surface area contributed by atoms with Crippen molar-refractivity contribution >= 4 is 64.7 Å². The minimum absolute atomic E-state index is 0.0707. The summed E-state index contributed by atoms with van der Waals surface area (Å²) in [6, 6.07) is 10.7. The molecule has 17 nitrogen and oxygen atoms in total. The molecule has 0 aromatic heterocycles. The summed E-state index contributed by atoms with van der Waals surface area (Å²) < 4.78 is 0. The van der Waals surface area contributed by atoms with Crippen LogP contribution in [0.4, 0.5) is 5.69 Å². The number of carbonyl (C=O) groups is 6. The highest BCUT2D eigenvalue weighted by molar-refractivity contribution is 7.98. The molecular weight excluding hydrogens is 767 g/mol. The Labute approximate surface area is 331 Å². The van der Waals surface area contributed by atoms with E-state index in [1.165, 1.54) is 48.1 Å². The van der Waals surface area contributed by atoms with Crippen molar-refractivity contribution in [3.8, 4) is 11.8 Å². The third-order valence-corrected chi connectivity index (χ3v) is 11.5. The highest BCUT2D eigenvalue weighted by Gasteiger charge is 2.76. The molecule has 4 fully saturated rings. The highest BCUT2D eigenvalue weighted by Crippen LogP contribution is 2.49. The number of amides is 3. The maximum absolute atomic E-state index is 14.9. The first-order chi connectivity index (χ1) is 26.6. The minimum Gasteiger partial charge on any atom is -0.391 e. The Morgan fingerprint density at radius 3 is 1.96 bits per heavy atom. The van der Waals surface area contributed by atoms with Gasteiger partial charge in [0, 0.05) is 40.7 Å². The molecule has 0 saturated carbocycles. The van der Waals surface area contributed by atoms with Gasteiger partial charge in [-0.15, -0.1) is 0 Å². The van der Waals surface area contributed by atoms with Crippen LogP contribution in [0.2, 0.25) is 0 Å². The fourth-order valence-electron chi connectivity index (χ4n) is 7.40. The van der Waals surface area contributed by atoms with Gasteiger partial charge in [-0.3, -0.25) is 29.3 Å². The number of thioether (sulfide) groups is 2. The maximum atomic E-state index is 14.9. The summed E-state index contributed by atoms with van der Waals surface area (Å²) in [5.74, 6) is 1.54. The van der Waals surface area contributed by atoms with E-state index in [4.69, 9.17) is 26.3 Å². The molecule has 300 valence electrons. The molecular formula is C37H45N7O10S2. The lowest BCUT2D eigenvalue weighted by atomic mass is 9.58. The maximum Gasteiger partial charge on any atom is 0.351 e. The van der Waals surface area contributed by atoms with E-state index >= 15 is 0 Å². The number of aliphatic hydroxyl groups is 1. The second-order valence-corrected chi connectivity index (χ2v) is 15.8. The van der Waals surface area contributed by atoms with E-state index in [0.717, 1.165) is 5.23 Å². The van der Waals surface area contributed by atoms with E-state index in [-0.39, 0.29) is 31.5 Å². The molecule has 4 aliphatic heterocycles. The third-order valence-electron chi connectivity index (χ3n) is 10.3. The quantitative estimate of drug-likeness (QED) is 0.0571. The Morgan fingerprint density at radius 1 is 0.929 bits per heavy atom. The van der Waals surface area contributed by atoms with E-state index in [1.54, 1.807) is 41.3 Å². The van der Waals surface area contributed by atoms with Crippen LogP contribution in [-0.4, -0.2) is 128 Å². The van der Waals surface area contributed by atoms with Gasteiger partial charge in [-0.2, -0.15) is 23.5 Å². The van der Waals surface area contributed by atoms with Gasteiger partial charge >= 0.3 is 11.9 Å². The van der Waals surface area contributed by atoms with Crippen molar-refractivity contribution in [1.29, 1.82) is 0 Å². The molecule has 4 saturated heterocycles. The monoisotopic (exact) mass is 811 g/mol. The number of ketones is 1. The molecule has 4 bridgehead atoms. The Bertz CT molecular complexity index is 1870. The number of nitrogens with one attached hydrogen (secondary N) is 3. The van der Waals surface area contributed by atoms with Crippen LogP contribution in [0.15, 0.2) is 48.5 Å². The average Bonchev–Trinajstić information content (AvgIpc) is 3.68. The SMILES string of the molecule is CSCC[C@]1(N)C(=O)ON2OC(=O)[C@@](N)(CCSC)C1(C(=O)CC(=O)Nc1ccc(C#Cc3ccc(C(=O)N[C@H](C(=O)NO)[C@@H](C)O)cc3)cc1)N1CC[C@@H]2C1. The Hall–Kier alpha value is -4.52. The molecule has 6 atom stereocenters. The molecule has 4 heterocycles. The summed E-state index contributed by atoms with van der Waals surface area (Å²) in [6.07, 6.45) is 1.86. The second kappa shape index (κ2) is 17.7. The molecule has 9 N–H and O–H groups in total. The number of benzene rings is 2. The van der Waals surface area contributed by atoms with Gasteiger partial charge in [0.25, 0.3) is 11.8 Å². The molecule has 0 aliphatic carbocycles. The lowest BCUT2D eigenvalue weighted by molar-refractivity contribution is -0.360. The van der Waals surface area contributed by atoms with Crippen LogP contribution in [0.1, 0.15) is 54.1 Å². The van der Waals surface area contributed by atoms with Crippen molar-refractivity contribution in [2.75, 3.05) is 42.4 Å². The molecule has 3 amide bonds. The molecule has 0 radical (unpaired) electrons. The first kappa shape index (κ1) is 42.6. The van der Waals surface area contributed by atoms with Gasteiger partial charge in [-0.25, -0.2) is 15.1 Å². The van der Waals surface area contributed by atoms with Crippen LogP contribution in [0.3, 0.4) is 0 Å². The van der Waals surface area contributed by atoms with E-state index < -0.39 is 76.7 Å². The van der Waals surface area contributed by atoms with Crippen LogP contribution >= 0.6 is 23.5 Å². The van der Waals surface area contributed by atoms with E-state index in [0.29, 0.717) is 34.7 Å². The van der Waals surface area contributed by atoms with Gasteiger partial charge in [-0.05, 0) is 98.7 Å². The Morgan fingerprint density at radius 2 is 1.46 bits per heavy atom. The van der Waals surface area contributed by atoms with Gasteiger partial charge in [-0.1, -0.05) is 11.8 Å². The topological polar surface area (TPSA) is 256 Å². The van der Waals surface area contributed by atoms with Crippen molar-refractivity contribution in [1.82, 2.24) is 20.9 Å². The van der Waals surface area contributed by atoms with Crippen LogP contribution in [0.5, 0.6) is 0 Å². The van der Waals surface area contributed by atoms with E-state index in [9.17, 15) is 33.9 Å². The van der Waals surface area contributed by atoms with Gasteiger partial charge in [0.2, 0.25) is 5.91 Å². The summed E-state index contributed by atoms with van der Waals surface area (Å²) in [5.41, 5.74) is 10.8. The molecule has 2 aromatic rings. The molecule has 19 heteroatoms. The number of nitrogens with two attached hydrogens (primary N) is 2.